The molecule has 0 amide bonds. The van der Waals surface area contributed by atoms with Gasteiger partial charge >= 0.3 is 0 Å². The zero-order chi connectivity index (χ0) is 13.2. The lowest BCUT2D eigenvalue weighted by molar-refractivity contribution is 0.388. The lowest BCUT2D eigenvalue weighted by Crippen LogP contribution is -2.25. The van der Waals surface area contributed by atoms with Crippen LogP contribution in [0.2, 0.25) is 0 Å². The average molecular weight is 286 g/mol. The van der Waals surface area contributed by atoms with Crippen molar-refractivity contribution < 1.29 is 12.8 Å². The number of sulfonamides is 1. The highest BCUT2D eigenvalue weighted by Crippen LogP contribution is 2.20. The normalized spacial score (nSPS) is 12.2. The molecular weight excluding hydrogens is 272 g/mol. The number of rotatable bonds is 5. The van der Waals surface area contributed by atoms with Crippen molar-refractivity contribution in [1.29, 1.82) is 0 Å². The minimum atomic E-state index is -3.59. The van der Waals surface area contributed by atoms with Gasteiger partial charge in [0.05, 0.1) is 6.54 Å². The molecule has 2 aromatic heterocycles. The molecule has 0 saturated heterocycles. The summed E-state index contributed by atoms with van der Waals surface area (Å²) in [7, 11) is -2.06. The topological polar surface area (TPSA) is 76.5 Å². The van der Waals surface area contributed by atoms with Crippen LogP contribution in [0.4, 0.5) is 0 Å². The Hall–Kier alpha value is -1.15. The van der Waals surface area contributed by atoms with Crippen LogP contribution in [0.5, 0.6) is 0 Å². The second-order valence-corrected chi connectivity index (χ2v) is 6.77. The van der Waals surface area contributed by atoms with Crippen LogP contribution in [0.3, 0.4) is 0 Å². The first-order valence-electron chi connectivity index (χ1n) is 5.31. The van der Waals surface area contributed by atoms with E-state index in [2.05, 4.69) is 0 Å². The summed E-state index contributed by atoms with van der Waals surface area (Å²) in [5, 5.41) is 1.84. The number of nitrogens with two attached hydrogens (primary N) is 1. The van der Waals surface area contributed by atoms with Crippen molar-refractivity contribution in [2.75, 3.05) is 7.05 Å². The van der Waals surface area contributed by atoms with E-state index in [0.717, 1.165) is 4.88 Å². The van der Waals surface area contributed by atoms with E-state index >= 15 is 0 Å². The Morgan fingerprint density at radius 3 is 2.72 bits per heavy atom. The van der Waals surface area contributed by atoms with Gasteiger partial charge in [-0.3, -0.25) is 0 Å². The van der Waals surface area contributed by atoms with Gasteiger partial charge in [-0.15, -0.1) is 11.3 Å². The number of thiophene rings is 1. The largest absolute Gasteiger partial charge is 0.447 e. The molecule has 0 spiro atoms. The first-order chi connectivity index (χ1) is 8.54. The highest BCUT2D eigenvalue weighted by atomic mass is 32.2. The molecule has 0 radical (unpaired) electrons. The van der Waals surface area contributed by atoms with E-state index in [0.29, 0.717) is 12.3 Å². The van der Waals surface area contributed by atoms with Crippen molar-refractivity contribution in [3.05, 3.63) is 40.3 Å². The predicted molar refractivity (Wildman–Crippen MR) is 69.6 cm³/mol. The SMILES string of the molecule is CN(Cc1cccs1)S(=O)(=O)c1ccc(CN)o1. The van der Waals surface area contributed by atoms with Crippen LogP contribution in [-0.2, 0) is 23.1 Å². The minimum absolute atomic E-state index is 0.0676. The van der Waals surface area contributed by atoms with Crippen molar-refractivity contribution in [2.24, 2.45) is 5.73 Å². The molecule has 7 heteroatoms. The van der Waals surface area contributed by atoms with E-state index in [1.807, 2.05) is 17.5 Å². The summed E-state index contributed by atoms with van der Waals surface area (Å²) >= 11 is 1.52. The third kappa shape index (κ3) is 2.64. The summed E-state index contributed by atoms with van der Waals surface area (Å²) in [5.41, 5.74) is 5.39. The van der Waals surface area contributed by atoms with Gasteiger partial charge in [-0.2, -0.15) is 4.31 Å². The highest BCUT2D eigenvalue weighted by molar-refractivity contribution is 7.88. The lowest BCUT2D eigenvalue weighted by Gasteiger charge is -2.14. The summed E-state index contributed by atoms with van der Waals surface area (Å²) in [4.78, 5) is 0.978. The van der Waals surface area contributed by atoms with Crippen LogP contribution in [-0.4, -0.2) is 19.8 Å². The highest BCUT2D eigenvalue weighted by Gasteiger charge is 2.24. The molecule has 0 fully saturated rings. The fraction of sp³-hybridized carbons (Fsp3) is 0.273. The molecule has 2 heterocycles. The molecule has 0 aliphatic rings. The zero-order valence-electron chi connectivity index (χ0n) is 9.87. The smallest absolute Gasteiger partial charge is 0.276 e. The molecule has 0 saturated carbocycles. The molecule has 0 aromatic carbocycles. The standard InChI is InChI=1S/C11H14N2O3S2/c1-13(8-10-3-2-6-17-10)18(14,15)11-5-4-9(7-12)16-11/h2-6H,7-8,12H2,1H3. The molecule has 2 N–H and O–H groups in total. The average Bonchev–Trinajstić information content (AvgIpc) is 2.99. The van der Waals surface area contributed by atoms with E-state index in [4.69, 9.17) is 10.2 Å². The van der Waals surface area contributed by atoms with Crippen LogP contribution in [0.25, 0.3) is 0 Å². The van der Waals surface area contributed by atoms with Gasteiger partial charge in [0.15, 0.2) is 0 Å². The van der Waals surface area contributed by atoms with E-state index in [1.54, 1.807) is 6.07 Å². The Morgan fingerprint density at radius 2 is 2.17 bits per heavy atom. The minimum Gasteiger partial charge on any atom is -0.447 e. The third-order valence-electron chi connectivity index (χ3n) is 2.46. The fourth-order valence-electron chi connectivity index (χ4n) is 1.47. The van der Waals surface area contributed by atoms with Crippen molar-refractivity contribution in [2.45, 2.75) is 18.2 Å². The van der Waals surface area contributed by atoms with Gasteiger partial charge in [0, 0.05) is 18.5 Å². The monoisotopic (exact) mass is 286 g/mol. The predicted octanol–water partition coefficient (Wildman–Crippen LogP) is 1.62. The zero-order valence-corrected chi connectivity index (χ0v) is 11.5. The third-order valence-corrected chi connectivity index (χ3v) is 5.00. The molecular formula is C11H14N2O3S2. The molecule has 0 atom stereocenters. The van der Waals surface area contributed by atoms with E-state index < -0.39 is 10.0 Å². The van der Waals surface area contributed by atoms with Gasteiger partial charge in [-0.05, 0) is 23.6 Å². The molecule has 0 aliphatic heterocycles. The van der Waals surface area contributed by atoms with Gasteiger partial charge in [0.1, 0.15) is 5.76 Å². The molecule has 2 rings (SSSR count). The second kappa shape index (κ2) is 5.23. The van der Waals surface area contributed by atoms with Crippen LogP contribution < -0.4 is 5.73 Å². The maximum Gasteiger partial charge on any atom is 0.276 e. The van der Waals surface area contributed by atoms with Crippen molar-refractivity contribution >= 4 is 21.4 Å². The summed E-state index contributed by atoms with van der Waals surface area (Å²) in [6.07, 6.45) is 0. The first-order valence-corrected chi connectivity index (χ1v) is 7.63. The van der Waals surface area contributed by atoms with Crippen molar-refractivity contribution in [3.8, 4) is 0 Å². The maximum atomic E-state index is 12.2. The summed E-state index contributed by atoms with van der Waals surface area (Å²) in [6.45, 7) is 0.517. The summed E-state index contributed by atoms with van der Waals surface area (Å²) in [6, 6.07) is 6.79. The van der Waals surface area contributed by atoms with Gasteiger partial charge in [0.2, 0.25) is 5.09 Å². The molecule has 0 bridgehead atoms. The molecule has 18 heavy (non-hydrogen) atoms. The number of furan rings is 1. The van der Waals surface area contributed by atoms with Crippen molar-refractivity contribution in [3.63, 3.8) is 0 Å². The van der Waals surface area contributed by atoms with Gasteiger partial charge in [0.25, 0.3) is 10.0 Å². The van der Waals surface area contributed by atoms with Crippen LogP contribution in [0.1, 0.15) is 10.6 Å². The fourth-order valence-corrected chi connectivity index (χ4v) is 3.37. The van der Waals surface area contributed by atoms with Gasteiger partial charge in [-0.1, -0.05) is 6.07 Å². The molecule has 2 aromatic rings. The number of hydrogen-bond acceptors (Lipinski definition) is 5. The lowest BCUT2D eigenvalue weighted by atomic mass is 10.5. The molecule has 98 valence electrons. The Bertz CT molecular complexity index is 602. The van der Waals surface area contributed by atoms with E-state index in [1.165, 1.54) is 28.8 Å². The Balaban J connectivity index is 2.19. The maximum absolute atomic E-state index is 12.2. The Labute approximate surface area is 110 Å². The van der Waals surface area contributed by atoms with E-state index in [9.17, 15) is 8.42 Å². The summed E-state index contributed by atoms with van der Waals surface area (Å²) in [5.74, 6) is 0.457. The van der Waals surface area contributed by atoms with E-state index in [-0.39, 0.29) is 11.6 Å². The molecule has 0 unspecified atom stereocenters. The Morgan fingerprint density at radius 1 is 1.39 bits per heavy atom. The Kier molecular flexibility index (Phi) is 3.86. The van der Waals surface area contributed by atoms with Crippen LogP contribution >= 0.6 is 11.3 Å². The summed E-state index contributed by atoms with van der Waals surface area (Å²) < 4.78 is 30.8. The number of nitrogens with zero attached hydrogens (tertiary/aromatic N) is 1. The molecule has 5 nitrogen and oxygen atoms in total. The van der Waals surface area contributed by atoms with Gasteiger partial charge < -0.3 is 10.2 Å². The quantitative estimate of drug-likeness (QED) is 0.906. The first kappa shape index (κ1) is 13.3. The van der Waals surface area contributed by atoms with Gasteiger partial charge in [-0.25, -0.2) is 8.42 Å². The van der Waals surface area contributed by atoms with Crippen molar-refractivity contribution in [1.82, 2.24) is 4.31 Å². The second-order valence-electron chi connectivity index (χ2n) is 3.77. The number of hydrogen-bond donors (Lipinski definition) is 1. The molecule has 0 aliphatic carbocycles. The van der Waals surface area contributed by atoms with Crippen LogP contribution in [0.15, 0.2) is 39.2 Å². The van der Waals surface area contributed by atoms with Crippen LogP contribution in [0, 0.1) is 0 Å².